The summed E-state index contributed by atoms with van der Waals surface area (Å²) >= 11 is 5.88. The number of para-hydroxylation sites is 1. The number of ether oxygens (including phenoxy) is 1. The largest absolute Gasteiger partial charge is 0.454 e. The number of anilines is 1. The monoisotopic (exact) mass is 296 g/mol. The van der Waals surface area contributed by atoms with Crippen molar-refractivity contribution in [3.63, 3.8) is 0 Å². The molecule has 1 atom stereocenters. The van der Waals surface area contributed by atoms with E-state index in [9.17, 15) is 14.4 Å². The van der Waals surface area contributed by atoms with Crippen LogP contribution in [0.5, 0.6) is 0 Å². The molecule has 1 aromatic rings. The molecule has 1 fully saturated rings. The van der Waals surface area contributed by atoms with Crippen LogP contribution < -0.4 is 10.6 Å². The average Bonchev–Trinajstić information content (AvgIpc) is 2.85. The molecule has 1 aliphatic rings. The topological polar surface area (TPSA) is 84.5 Å². The number of amides is 2. The van der Waals surface area contributed by atoms with Gasteiger partial charge in [0.05, 0.1) is 10.7 Å². The first kappa shape index (κ1) is 14.3. The number of carbonyl (C=O) groups is 3. The van der Waals surface area contributed by atoms with Crippen LogP contribution >= 0.6 is 11.6 Å². The van der Waals surface area contributed by atoms with Crippen LogP contribution in [0.25, 0.3) is 0 Å². The average molecular weight is 297 g/mol. The van der Waals surface area contributed by atoms with Crippen molar-refractivity contribution in [1.29, 1.82) is 0 Å². The molecule has 6 nitrogen and oxygen atoms in total. The normalized spacial score (nSPS) is 17.4. The lowest BCUT2D eigenvalue weighted by atomic mass is 10.2. The molecule has 1 aliphatic heterocycles. The van der Waals surface area contributed by atoms with Gasteiger partial charge in [-0.25, -0.2) is 4.79 Å². The minimum absolute atomic E-state index is 0.188. The van der Waals surface area contributed by atoms with E-state index in [4.69, 9.17) is 16.3 Å². The third-order valence-electron chi connectivity index (χ3n) is 2.77. The maximum atomic E-state index is 11.6. The second-order valence-electron chi connectivity index (χ2n) is 4.29. The standard InChI is InChI=1S/C13H13ClN2O4/c14-8-3-1-2-4-9(8)15-12(18)7-20-13(19)10-5-6-11(17)16-10/h1-4,10H,5-7H2,(H,15,18)(H,16,17). The van der Waals surface area contributed by atoms with Gasteiger partial charge < -0.3 is 15.4 Å². The summed E-state index contributed by atoms with van der Waals surface area (Å²) in [7, 11) is 0. The van der Waals surface area contributed by atoms with E-state index in [1.165, 1.54) is 0 Å². The van der Waals surface area contributed by atoms with Crippen molar-refractivity contribution < 1.29 is 19.1 Å². The first-order valence-electron chi connectivity index (χ1n) is 6.06. The Morgan fingerprint density at radius 1 is 1.40 bits per heavy atom. The van der Waals surface area contributed by atoms with Gasteiger partial charge in [0.25, 0.3) is 5.91 Å². The van der Waals surface area contributed by atoms with Crippen LogP contribution in [-0.2, 0) is 19.1 Å². The number of hydrogen-bond donors (Lipinski definition) is 2. The van der Waals surface area contributed by atoms with E-state index in [-0.39, 0.29) is 5.91 Å². The van der Waals surface area contributed by atoms with Crippen molar-refractivity contribution in [1.82, 2.24) is 5.32 Å². The van der Waals surface area contributed by atoms with Crippen LogP contribution in [-0.4, -0.2) is 30.4 Å². The lowest BCUT2D eigenvalue weighted by Crippen LogP contribution is -2.36. The number of halogens is 1. The molecule has 7 heteroatoms. The minimum atomic E-state index is -0.657. The van der Waals surface area contributed by atoms with Crippen molar-refractivity contribution in [2.45, 2.75) is 18.9 Å². The first-order chi connectivity index (χ1) is 9.56. The number of nitrogens with one attached hydrogen (secondary N) is 2. The van der Waals surface area contributed by atoms with Gasteiger partial charge in [-0.1, -0.05) is 23.7 Å². The molecule has 2 N–H and O–H groups in total. The van der Waals surface area contributed by atoms with Crippen molar-refractivity contribution in [3.8, 4) is 0 Å². The molecule has 106 valence electrons. The van der Waals surface area contributed by atoms with Gasteiger partial charge in [0.15, 0.2) is 6.61 Å². The third-order valence-corrected chi connectivity index (χ3v) is 3.10. The third kappa shape index (κ3) is 3.71. The van der Waals surface area contributed by atoms with E-state index in [1.54, 1.807) is 24.3 Å². The predicted octanol–water partition coefficient (Wildman–Crippen LogP) is 1.10. The Morgan fingerprint density at radius 2 is 2.15 bits per heavy atom. The van der Waals surface area contributed by atoms with Gasteiger partial charge in [-0.15, -0.1) is 0 Å². The van der Waals surface area contributed by atoms with E-state index < -0.39 is 24.5 Å². The number of benzene rings is 1. The molecule has 1 aromatic carbocycles. The summed E-state index contributed by atoms with van der Waals surface area (Å²) in [5.74, 6) is -1.28. The van der Waals surface area contributed by atoms with Crippen LogP contribution in [0.15, 0.2) is 24.3 Å². The molecule has 0 aromatic heterocycles. The number of esters is 1. The quantitative estimate of drug-likeness (QED) is 0.815. The lowest BCUT2D eigenvalue weighted by Gasteiger charge is -2.10. The molecule has 2 amide bonds. The smallest absolute Gasteiger partial charge is 0.329 e. The summed E-state index contributed by atoms with van der Waals surface area (Å²) < 4.78 is 4.84. The summed E-state index contributed by atoms with van der Waals surface area (Å²) in [5, 5.41) is 5.40. The number of hydrogen-bond acceptors (Lipinski definition) is 4. The van der Waals surface area contributed by atoms with Gasteiger partial charge in [-0.3, -0.25) is 9.59 Å². The highest BCUT2D eigenvalue weighted by Gasteiger charge is 2.28. The van der Waals surface area contributed by atoms with Crippen LogP contribution in [0.3, 0.4) is 0 Å². The molecule has 1 saturated heterocycles. The summed E-state index contributed by atoms with van der Waals surface area (Å²) in [4.78, 5) is 34.1. The van der Waals surface area contributed by atoms with E-state index >= 15 is 0 Å². The zero-order valence-electron chi connectivity index (χ0n) is 10.5. The maximum Gasteiger partial charge on any atom is 0.329 e. The Hall–Kier alpha value is -2.08. The molecule has 0 spiro atoms. The van der Waals surface area contributed by atoms with Gasteiger partial charge in [-0.2, -0.15) is 0 Å². The molecular weight excluding hydrogens is 284 g/mol. The molecular formula is C13H13ClN2O4. The molecule has 0 radical (unpaired) electrons. The van der Waals surface area contributed by atoms with Gasteiger partial charge >= 0.3 is 5.97 Å². The summed E-state index contributed by atoms with van der Waals surface area (Å²) in [6, 6.07) is 6.08. The predicted molar refractivity (Wildman–Crippen MR) is 72.2 cm³/mol. The summed E-state index contributed by atoms with van der Waals surface area (Å²) in [5.41, 5.74) is 0.449. The fourth-order valence-electron chi connectivity index (χ4n) is 1.78. The number of rotatable bonds is 4. The second-order valence-corrected chi connectivity index (χ2v) is 4.70. The molecule has 0 saturated carbocycles. The van der Waals surface area contributed by atoms with Crippen molar-refractivity contribution in [2.75, 3.05) is 11.9 Å². The highest BCUT2D eigenvalue weighted by atomic mass is 35.5. The van der Waals surface area contributed by atoms with Gasteiger partial charge in [-0.05, 0) is 18.6 Å². The van der Waals surface area contributed by atoms with Crippen molar-refractivity contribution in [2.24, 2.45) is 0 Å². The zero-order valence-corrected chi connectivity index (χ0v) is 11.3. The van der Waals surface area contributed by atoms with E-state index in [2.05, 4.69) is 10.6 Å². The molecule has 0 bridgehead atoms. The molecule has 1 unspecified atom stereocenters. The van der Waals surface area contributed by atoms with Crippen LogP contribution in [0.2, 0.25) is 5.02 Å². The van der Waals surface area contributed by atoms with E-state index in [1.807, 2.05) is 0 Å². The Balaban J connectivity index is 1.79. The Kier molecular flexibility index (Phi) is 4.57. The van der Waals surface area contributed by atoms with Crippen LogP contribution in [0.4, 0.5) is 5.69 Å². The molecule has 1 heterocycles. The van der Waals surface area contributed by atoms with Crippen LogP contribution in [0, 0.1) is 0 Å². The fourth-order valence-corrected chi connectivity index (χ4v) is 1.96. The highest BCUT2D eigenvalue weighted by Crippen LogP contribution is 2.20. The molecule has 0 aliphatic carbocycles. The molecule has 20 heavy (non-hydrogen) atoms. The highest BCUT2D eigenvalue weighted by molar-refractivity contribution is 6.33. The van der Waals surface area contributed by atoms with Gasteiger partial charge in [0.2, 0.25) is 5.91 Å². The number of carbonyl (C=O) groups excluding carboxylic acids is 3. The Labute approximate surface area is 120 Å². The van der Waals surface area contributed by atoms with Crippen molar-refractivity contribution >= 4 is 35.1 Å². The Morgan fingerprint density at radius 3 is 2.80 bits per heavy atom. The SMILES string of the molecule is O=C(COC(=O)C1CCC(=O)N1)Nc1ccccc1Cl. The minimum Gasteiger partial charge on any atom is -0.454 e. The Bertz CT molecular complexity index is 547. The lowest BCUT2D eigenvalue weighted by molar-refractivity contribution is -0.149. The maximum absolute atomic E-state index is 11.6. The van der Waals surface area contributed by atoms with Crippen molar-refractivity contribution in [3.05, 3.63) is 29.3 Å². The van der Waals surface area contributed by atoms with Gasteiger partial charge in [0, 0.05) is 6.42 Å². The van der Waals surface area contributed by atoms with Crippen LogP contribution in [0.1, 0.15) is 12.8 Å². The van der Waals surface area contributed by atoms with E-state index in [0.29, 0.717) is 23.6 Å². The zero-order chi connectivity index (χ0) is 14.5. The first-order valence-corrected chi connectivity index (χ1v) is 6.44. The van der Waals surface area contributed by atoms with E-state index in [0.717, 1.165) is 0 Å². The second kappa shape index (κ2) is 6.38. The fraction of sp³-hybridized carbons (Fsp3) is 0.308. The summed E-state index contributed by atoms with van der Waals surface area (Å²) in [6.07, 6.45) is 0.690. The molecule has 2 rings (SSSR count). The summed E-state index contributed by atoms with van der Waals surface area (Å²) in [6.45, 7) is -0.420. The van der Waals surface area contributed by atoms with Gasteiger partial charge in [0.1, 0.15) is 6.04 Å².